The second-order valence-electron chi connectivity index (χ2n) is 7.76. The topological polar surface area (TPSA) is 55.8 Å². The zero-order chi connectivity index (χ0) is 18.4. The molecular formula is C22H26O4. The van der Waals surface area contributed by atoms with E-state index in [1.54, 1.807) is 0 Å². The van der Waals surface area contributed by atoms with Crippen molar-refractivity contribution < 1.29 is 19.4 Å². The fourth-order valence-electron chi connectivity index (χ4n) is 4.84. The third-order valence-electron chi connectivity index (χ3n) is 6.17. The number of hydrogen-bond donors (Lipinski definition) is 1. The molecule has 3 atom stereocenters. The number of aromatic hydroxyl groups is 1. The van der Waals surface area contributed by atoms with Crippen LogP contribution in [0.4, 0.5) is 4.79 Å². The molecule has 2 aromatic carbocycles. The number of carbonyl (C=O) groups excluding carboxylic acids is 1. The Morgan fingerprint density at radius 1 is 1.19 bits per heavy atom. The maximum Gasteiger partial charge on any atom is 0.513 e. The Morgan fingerprint density at radius 3 is 2.65 bits per heavy atom. The zero-order valence-electron chi connectivity index (χ0n) is 15.7. The fourth-order valence-corrected chi connectivity index (χ4v) is 4.84. The summed E-state index contributed by atoms with van der Waals surface area (Å²) in [6, 6.07) is 5.89. The van der Waals surface area contributed by atoms with Crippen molar-refractivity contribution in [3.63, 3.8) is 0 Å². The summed E-state index contributed by atoms with van der Waals surface area (Å²) in [6.07, 6.45) is 3.31. The first-order valence-electron chi connectivity index (χ1n) is 9.66. The molecule has 1 saturated carbocycles. The summed E-state index contributed by atoms with van der Waals surface area (Å²) in [6.45, 7) is 6.66. The molecule has 4 nitrogen and oxygen atoms in total. The van der Waals surface area contributed by atoms with Crippen LogP contribution in [-0.2, 0) is 4.74 Å². The largest absolute Gasteiger partial charge is 0.513 e. The van der Waals surface area contributed by atoms with Gasteiger partial charge in [0.15, 0.2) is 0 Å². The summed E-state index contributed by atoms with van der Waals surface area (Å²) in [5, 5.41) is 12.5. The lowest BCUT2D eigenvalue weighted by atomic mass is 9.87. The van der Waals surface area contributed by atoms with E-state index in [0.29, 0.717) is 35.9 Å². The molecule has 2 bridgehead atoms. The van der Waals surface area contributed by atoms with Crippen LogP contribution >= 0.6 is 0 Å². The molecule has 0 aliphatic heterocycles. The maximum atomic E-state index is 12.3. The van der Waals surface area contributed by atoms with Gasteiger partial charge in [-0.1, -0.05) is 38.0 Å². The van der Waals surface area contributed by atoms with Crippen molar-refractivity contribution in [2.75, 3.05) is 6.61 Å². The Kier molecular flexibility index (Phi) is 4.29. The van der Waals surface area contributed by atoms with Gasteiger partial charge in [0.1, 0.15) is 11.5 Å². The Balaban J connectivity index is 1.84. The van der Waals surface area contributed by atoms with Crippen LogP contribution in [0.25, 0.3) is 10.8 Å². The minimum absolute atomic E-state index is 0.337. The standard InChI is InChI=1S/C22H26O4/c1-4-5-10-25-22(24)26-21-17-11-12(2)6-7-16(17)20(23)18-14-8-9-15(13(14)3)19(18)21/h6-7,11,13-15,23H,4-5,8-10H2,1-3H3. The molecule has 0 heterocycles. The lowest BCUT2D eigenvalue weighted by molar-refractivity contribution is 0.0978. The molecule has 1 fully saturated rings. The first-order valence-corrected chi connectivity index (χ1v) is 9.66. The third kappa shape index (κ3) is 2.54. The molecule has 0 spiro atoms. The minimum Gasteiger partial charge on any atom is -0.507 e. The molecule has 0 radical (unpaired) electrons. The van der Waals surface area contributed by atoms with E-state index in [-0.39, 0.29) is 0 Å². The van der Waals surface area contributed by atoms with Gasteiger partial charge >= 0.3 is 6.16 Å². The number of aryl methyl sites for hydroxylation is 1. The smallest absolute Gasteiger partial charge is 0.507 e. The van der Waals surface area contributed by atoms with E-state index in [9.17, 15) is 9.90 Å². The van der Waals surface area contributed by atoms with Crippen molar-refractivity contribution in [2.45, 2.75) is 58.3 Å². The van der Waals surface area contributed by atoms with Crippen molar-refractivity contribution in [3.8, 4) is 11.5 Å². The number of unbranched alkanes of at least 4 members (excludes halogenated alkanes) is 1. The van der Waals surface area contributed by atoms with Gasteiger partial charge in [0.2, 0.25) is 0 Å². The summed E-state index contributed by atoms with van der Waals surface area (Å²) in [5.74, 6) is 2.11. The van der Waals surface area contributed by atoms with Gasteiger partial charge < -0.3 is 14.6 Å². The van der Waals surface area contributed by atoms with Crippen molar-refractivity contribution in [2.24, 2.45) is 5.92 Å². The Labute approximate surface area is 154 Å². The number of rotatable bonds is 4. The van der Waals surface area contributed by atoms with E-state index in [4.69, 9.17) is 9.47 Å². The number of phenolic OH excluding ortho intramolecular Hbond substituents is 1. The van der Waals surface area contributed by atoms with Crippen molar-refractivity contribution in [1.82, 2.24) is 0 Å². The van der Waals surface area contributed by atoms with Crippen LogP contribution in [0.1, 0.15) is 68.1 Å². The van der Waals surface area contributed by atoms with Gasteiger partial charge in [-0.2, -0.15) is 0 Å². The summed E-state index contributed by atoms with van der Waals surface area (Å²) >= 11 is 0. The maximum absolute atomic E-state index is 12.3. The summed E-state index contributed by atoms with van der Waals surface area (Å²) < 4.78 is 11.0. The van der Waals surface area contributed by atoms with Crippen LogP contribution in [-0.4, -0.2) is 17.9 Å². The zero-order valence-corrected chi connectivity index (χ0v) is 15.7. The lowest BCUT2D eigenvalue weighted by Gasteiger charge is -2.22. The van der Waals surface area contributed by atoms with Gasteiger partial charge in [-0.25, -0.2) is 4.79 Å². The first kappa shape index (κ1) is 17.2. The van der Waals surface area contributed by atoms with Crippen LogP contribution in [0.3, 0.4) is 0 Å². The molecular weight excluding hydrogens is 328 g/mol. The van der Waals surface area contributed by atoms with Crippen molar-refractivity contribution in [1.29, 1.82) is 0 Å². The van der Waals surface area contributed by atoms with Crippen molar-refractivity contribution >= 4 is 16.9 Å². The second-order valence-corrected chi connectivity index (χ2v) is 7.76. The summed E-state index contributed by atoms with van der Waals surface area (Å²) in [7, 11) is 0. The van der Waals surface area contributed by atoms with Crippen molar-refractivity contribution in [3.05, 3.63) is 34.9 Å². The highest BCUT2D eigenvalue weighted by atomic mass is 16.7. The predicted octanol–water partition coefficient (Wildman–Crippen LogP) is 5.78. The van der Waals surface area contributed by atoms with E-state index in [1.165, 1.54) is 0 Å². The van der Waals surface area contributed by atoms with Gasteiger partial charge in [-0.05, 0) is 50.0 Å². The molecule has 26 heavy (non-hydrogen) atoms. The number of carbonyl (C=O) groups is 1. The Hall–Kier alpha value is -2.23. The third-order valence-corrected chi connectivity index (χ3v) is 6.17. The van der Waals surface area contributed by atoms with Gasteiger partial charge in [-0.15, -0.1) is 0 Å². The van der Waals surface area contributed by atoms with E-state index in [2.05, 4.69) is 13.8 Å². The average Bonchev–Trinajstić information content (AvgIpc) is 3.12. The number of fused-ring (bicyclic) bond motifs is 6. The predicted molar refractivity (Wildman–Crippen MR) is 101 cm³/mol. The molecule has 0 amide bonds. The van der Waals surface area contributed by atoms with E-state index < -0.39 is 6.16 Å². The normalized spacial score (nSPS) is 23.3. The molecule has 2 aromatic rings. The van der Waals surface area contributed by atoms with Crippen LogP contribution in [0, 0.1) is 12.8 Å². The van der Waals surface area contributed by atoms with Crippen LogP contribution in [0.15, 0.2) is 18.2 Å². The molecule has 0 aromatic heterocycles. The number of phenols is 1. The van der Waals surface area contributed by atoms with E-state index in [0.717, 1.165) is 53.1 Å². The van der Waals surface area contributed by atoms with Gasteiger partial charge in [0, 0.05) is 21.9 Å². The molecule has 4 rings (SSSR count). The Morgan fingerprint density at radius 2 is 1.92 bits per heavy atom. The summed E-state index contributed by atoms with van der Waals surface area (Å²) in [4.78, 5) is 12.3. The molecule has 138 valence electrons. The van der Waals surface area contributed by atoms with Crippen LogP contribution in [0.2, 0.25) is 0 Å². The summed E-state index contributed by atoms with van der Waals surface area (Å²) in [5.41, 5.74) is 3.08. The fraction of sp³-hybridized carbons (Fsp3) is 0.500. The Bertz CT molecular complexity index is 870. The molecule has 4 heteroatoms. The first-order chi connectivity index (χ1) is 12.5. The number of hydrogen-bond acceptors (Lipinski definition) is 4. The average molecular weight is 354 g/mol. The van der Waals surface area contributed by atoms with Gasteiger partial charge in [-0.3, -0.25) is 0 Å². The number of benzene rings is 2. The van der Waals surface area contributed by atoms with E-state index >= 15 is 0 Å². The molecule has 2 aliphatic carbocycles. The highest BCUT2D eigenvalue weighted by Gasteiger charge is 2.47. The molecule has 3 unspecified atom stereocenters. The van der Waals surface area contributed by atoms with Crippen LogP contribution in [0.5, 0.6) is 11.5 Å². The molecule has 1 N–H and O–H groups in total. The monoisotopic (exact) mass is 354 g/mol. The highest BCUT2D eigenvalue weighted by Crippen LogP contribution is 2.63. The second kappa shape index (κ2) is 6.49. The minimum atomic E-state index is -0.649. The highest BCUT2D eigenvalue weighted by molar-refractivity contribution is 5.98. The van der Waals surface area contributed by atoms with Gasteiger partial charge in [0.05, 0.1) is 6.61 Å². The quantitative estimate of drug-likeness (QED) is 0.429. The van der Waals surface area contributed by atoms with E-state index in [1.807, 2.05) is 25.1 Å². The SMILES string of the molecule is CCCCOC(=O)Oc1c2c(c(O)c3ccc(C)cc13)C1CCC2C1C. The molecule has 0 saturated heterocycles. The van der Waals surface area contributed by atoms with Gasteiger partial charge in [0.25, 0.3) is 0 Å². The number of ether oxygens (including phenoxy) is 2. The lowest BCUT2D eigenvalue weighted by Crippen LogP contribution is -2.14. The molecule has 2 aliphatic rings. The van der Waals surface area contributed by atoms with Crippen LogP contribution < -0.4 is 4.74 Å².